The van der Waals surface area contributed by atoms with Gasteiger partial charge in [-0.3, -0.25) is 4.79 Å². The second-order valence-corrected chi connectivity index (χ2v) is 11.8. The predicted octanol–water partition coefficient (Wildman–Crippen LogP) is 0.0587. The maximum atomic E-state index is 13.4. The van der Waals surface area contributed by atoms with Gasteiger partial charge in [-0.1, -0.05) is 32.9 Å². The Morgan fingerprint density at radius 2 is 1.83 bits per heavy atom. The molecule has 1 heterocycles. The van der Waals surface area contributed by atoms with Gasteiger partial charge in [0.25, 0.3) is 0 Å². The van der Waals surface area contributed by atoms with E-state index in [2.05, 4.69) is 20.4 Å². The Kier molecular flexibility index (Phi) is 7.14. The van der Waals surface area contributed by atoms with E-state index in [-0.39, 0.29) is 36.1 Å². The van der Waals surface area contributed by atoms with Crippen molar-refractivity contribution in [3.63, 3.8) is 0 Å². The fourth-order valence-corrected chi connectivity index (χ4v) is 7.17. The summed E-state index contributed by atoms with van der Waals surface area (Å²) in [5.41, 5.74) is -1.02. The molecule has 1 aliphatic heterocycles. The highest BCUT2D eigenvalue weighted by Gasteiger charge is 2.63. The number of aliphatic hydroxyl groups is 6. The Bertz CT molecular complexity index is 873. The Labute approximate surface area is 206 Å². The molecule has 0 bridgehead atoms. The second kappa shape index (κ2) is 9.29. The van der Waals surface area contributed by atoms with Crippen molar-refractivity contribution in [3.05, 3.63) is 24.3 Å². The molecule has 3 fully saturated rings. The molecule has 12 atom stereocenters. The van der Waals surface area contributed by atoms with E-state index in [1.54, 1.807) is 6.92 Å². The van der Waals surface area contributed by atoms with Crippen molar-refractivity contribution in [1.29, 1.82) is 0 Å². The van der Waals surface area contributed by atoms with Gasteiger partial charge in [0.15, 0.2) is 12.1 Å². The van der Waals surface area contributed by atoms with E-state index in [0.717, 1.165) is 18.4 Å². The molecule has 9 heteroatoms. The average Bonchev–Trinajstić information content (AvgIpc) is 2.83. The fourth-order valence-electron chi connectivity index (χ4n) is 7.17. The van der Waals surface area contributed by atoms with Crippen molar-refractivity contribution < 1.29 is 44.9 Å². The van der Waals surface area contributed by atoms with Gasteiger partial charge >= 0.3 is 0 Å². The van der Waals surface area contributed by atoms with Gasteiger partial charge < -0.3 is 40.1 Å². The first-order valence-electron chi connectivity index (χ1n) is 12.5. The van der Waals surface area contributed by atoms with Crippen LogP contribution in [0.1, 0.15) is 46.5 Å². The molecule has 0 radical (unpaired) electrons. The van der Waals surface area contributed by atoms with Crippen LogP contribution in [0.5, 0.6) is 0 Å². The van der Waals surface area contributed by atoms with E-state index < -0.39 is 60.4 Å². The lowest BCUT2D eigenvalue weighted by Gasteiger charge is -2.62. The third-order valence-corrected chi connectivity index (χ3v) is 9.49. The first-order chi connectivity index (χ1) is 16.3. The molecule has 2 saturated carbocycles. The molecule has 0 unspecified atom stereocenters. The topological polar surface area (TPSA) is 157 Å². The lowest BCUT2D eigenvalue weighted by Crippen LogP contribution is -2.65. The normalized spacial score (nSPS) is 52.3. The monoisotopic (exact) mass is 496 g/mol. The van der Waals surface area contributed by atoms with E-state index in [9.17, 15) is 35.4 Å². The summed E-state index contributed by atoms with van der Waals surface area (Å²) in [6.45, 7) is 9.08. The SMILES string of the molecule is C=C[C@]1(C)C=C2C(=O)C[C@@H]3[C@](C)(C[C@@H](O)[C@H](O)[C@]3(C)CO[C@@H]3O[C@H](CO)[C@@H](O)[C@@H](O)[C@@H]3O)[C@H]2CC1. The smallest absolute Gasteiger partial charge is 0.186 e. The second-order valence-electron chi connectivity index (χ2n) is 11.8. The van der Waals surface area contributed by atoms with Crippen molar-refractivity contribution in [2.45, 2.75) is 89.4 Å². The average molecular weight is 497 g/mol. The van der Waals surface area contributed by atoms with Gasteiger partial charge in [0.05, 0.1) is 25.4 Å². The predicted molar refractivity (Wildman–Crippen MR) is 125 cm³/mol. The number of ether oxygens (including phenoxy) is 2. The molecule has 4 rings (SSSR count). The standard InChI is InChI=1S/C26H40O9/c1-5-24(2)7-6-14-13(9-24)15(28)8-18-25(14,3)10-16(29)22(33)26(18,4)12-34-23-21(32)20(31)19(30)17(11-27)35-23/h5,9,14,16-23,27,29-33H,1,6-8,10-12H2,2-4H3/t14-,16+,17+,18+,19+,20+,21-,22-,23+,24-,25+,26+/m0/s1. The maximum Gasteiger partial charge on any atom is 0.186 e. The highest BCUT2D eigenvalue weighted by molar-refractivity contribution is 5.97. The third kappa shape index (κ3) is 4.24. The summed E-state index contributed by atoms with van der Waals surface area (Å²) in [7, 11) is 0. The molecule has 0 aromatic carbocycles. The van der Waals surface area contributed by atoms with E-state index in [4.69, 9.17) is 9.47 Å². The fraction of sp³-hybridized carbons (Fsp3) is 0.808. The summed E-state index contributed by atoms with van der Waals surface area (Å²) in [6.07, 6.45) is -3.37. The van der Waals surface area contributed by atoms with Crippen LogP contribution in [0.3, 0.4) is 0 Å². The summed E-state index contributed by atoms with van der Waals surface area (Å²) in [5, 5.41) is 62.1. The van der Waals surface area contributed by atoms with Crippen molar-refractivity contribution in [2.24, 2.45) is 28.1 Å². The van der Waals surface area contributed by atoms with Crippen molar-refractivity contribution in [1.82, 2.24) is 0 Å². The largest absolute Gasteiger partial charge is 0.394 e. The molecule has 0 aromatic rings. The minimum absolute atomic E-state index is 0.0212. The lowest BCUT2D eigenvalue weighted by molar-refractivity contribution is -0.315. The van der Waals surface area contributed by atoms with Crippen LogP contribution in [0, 0.1) is 28.1 Å². The molecule has 0 spiro atoms. The minimum Gasteiger partial charge on any atom is -0.394 e. The number of allylic oxidation sites excluding steroid dienone is 3. The molecular formula is C26H40O9. The number of ketones is 1. The molecule has 0 amide bonds. The van der Waals surface area contributed by atoms with E-state index in [1.165, 1.54) is 0 Å². The van der Waals surface area contributed by atoms with Gasteiger partial charge in [0, 0.05) is 17.3 Å². The van der Waals surface area contributed by atoms with Crippen LogP contribution in [-0.4, -0.2) is 92.5 Å². The van der Waals surface area contributed by atoms with Gasteiger partial charge in [0.2, 0.25) is 0 Å². The first-order valence-corrected chi connectivity index (χ1v) is 12.5. The van der Waals surface area contributed by atoms with Crippen LogP contribution >= 0.6 is 0 Å². The zero-order valence-electron chi connectivity index (χ0n) is 20.7. The molecule has 6 N–H and O–H groups in total. The summed E-state index contributed by atoms with van der Waals surface area (Å²) in [5.74, 6) is -0.371. The van der Waals surface area contributed by atoms with Crippen molar-refractivity contribution in [2.75, 3.05) is 13.2 Å². The number of carbonyl (C=O) groups excluding carboxylic acids is 1. The highest BCUT2D eigenvalue weighted by Crippen LogP contribution is 2.63. The quantitative estimate of drug-likeness (QED) is 0.290. The summed E-state index contributed by atoms with van der Waals surface area (Å²) in [4.78, 5) is 13.4. The van der Waals surface area contributed by atoms with Crippen LogP contribution in [0.15, 0.2) is 24.3 Å². The Morgan fingerprint density at radius 1 is 1.14 bits per heavy atom. The summed E-state index contributed by atoms with van der Waals surface area (Å²) < 4.78 is 11.3. The number of Topliss-reactive ketones (excluding diaryl/α,β-unsaturated/α-hetero) is 1. The van der Waals surface area contributed by atoms with E-state index in [0.29, 0.717) is 6.42 Å². The number of carbonyl (C=O) groups is 1. The van der Waals surface area contributed by atoms with Crippen LogP contribution < -0.4 is 0 Å². The van der Waals surface area contributed by atoms with Crippen LogP contribution in [0.4, 0.5) is 0 Å². The molecular weight excluding hydrogens is 456 g/mol. The minimum atomic E-state index is -1.59. The first kappa shape index (κ1) is 26.9. The van der Waals surface area contributed by atoms with Gasteiger partial charge in [-0.25, -0.2) is 0 Å². The van der Waals surface area contributed by atoms with Crippen LogP contribution in [0.2, 0.25) is 0 Å². The molecule has 3 aliphatic carbocycles. The summed E-state index contributed by atoms with van der Waals surface area (Å²) >= 11 is 0. The molecule has 4 aliphatic rings. The zero-order chi connectivity index (χ0) is 25.9. The highest BCUT2D eigenvalue weighted by atomic mass is 16.7. The number of rotatable bonds is 5. The van der Waals surface area contributed by atoms with Gasteiger partial charge in [-0.15, -0.1) is 6.58 Å². The number of aliphatic hydroxyl groups excluding tert-OH is 6. The summed E-state index contributed by atoms with van der Waals surface area (Å²) in [6, 6.07) is 0. The van der Waals surface area contributed by atoms with Crippen molar-refractivity contribution in [3.8, 4) is 0 Å². The number of hydrogen-bond acceptors (Lipinski definition) is 9. The van der Waals surface area contributed by atoms with Gasteiger partial charge in [0.1, 0.15) is 24.4 Å². The van der Waals surface area contributed by atoms with Crippen LogP contribution in [-0.2, 0) is 14.3 Å². The van der Waals surface area contributed by atoms with E-state index in [1.807, 2.05) is 12.2 Å². The lowest BCUT2D eigenvalue weighted by atomic mass is 9.44. The Morgan fingerprint density at radius 3 is 2.46 bits per heavy atom. The Hall–Kier alpha value is -1.17. The molecule has 35 heavy (non-hydrogen) atoms. The van der Waals surface area contributed by atoms with Crippen molar-refractivity contribution >= 4 is 5.78 Å². The third-order valence-electron chi connectivity index (χ3n) is 9.49. The zero-order valence-corrected chi connectivity index (χ0v) is 20.7. The maximum absolute atomic E-state index is 13.4. The molecule has 198 valence electrons. The van der Waals surface area contributed by atoms with Gasteiger partial charge in [-0.05, 0) is 42.1 Å². The van der Waals surface area contributed by atoms with Crippen LogP contribution in [0.25, 0.3) is 0 Å². The molecule has 1 saturated heterocycles. The van der Waals surface area contributed by atoms with E-state index >= 15 is 0 Å². The molecule has 0 aromatic heterocycles. The Balaban J connectivity index is 1.62. The molecule has 9 nitrogen and oxygen atoms in total. The number of fused-ring (bicyclic) bond motifs is 3. The number of hydrogen-bond donors (Lipinski definition) is 6. The van der Waals surface area contributed by atoms with Gasteiger partial charge in [-0.2, -0.15) is 0 Å².